The molecule has 0 saturated heterocycles. The zero-order valence-corrected chi connectivity index (χ0v) is 40.1. The second kappa shape index (κ2) is 29.5. The standard InChI is InChI=1S/C21H44O6Si2.C13H32O8Si2.2CH4/c1-17-16-19(8-11-21(17)23)12-14-28(5,24-2)27-29(25-3,26-4)15-13-18-6-9-20(22)10-7-18;1-13(15)12-20-8-10-22(5,16-2)21-23(17-3,18-4)11-9-19-7-6-14;;/h17-23H,6-16H2,1-5H3;13-15H,6-12H2,1-5H3;2*1H4/i;;2*1D. The monoisotopic (exact) mass is 855 g/mol. The molecule has 0 aromatic carbocycles. The van der Waals surface area contributed by atoms with Crippen molar-refractivity contribution in [2.75, 3.05) is 75.7 Å². The van der Waals surface area contributed by atoms with Gasteiger partial charge in [-0.1, -0.05) is 21.7 Å². The first-order chi connectivity index (χ1) is 26.6. The van der Waals surface area contributed by atoms with Crippen LogP contribution in [0.1, 0.15) is 89.2 Å². The molecule has 0 radical (unpaired) electrons. The molecule has 0 heterocycles. The van der Waals surface area contributed by atoms with Crippen molar-refractivity contribution in [1.82, 2.24) is 0 Å². The Morgan fingerprint density at radius 2 is 1.13 bits per heavy atom. The number of hydrogen-bond acceptors (Lipinski definition) is 14. The van der Waals surface area contributed by atoms with Crippen LogP contribution in [-0.4, -0.2) is 149 Å². The molecule has 0 amide bonds. The molecule has 0 bridgehead atoms. The van der Waals surface area contributed by atoms with E-state index in [1.807, 2.05) is 6.55 Å². The van der Waals surface area contributed by atoms with Gasteiger partial charge in [0.25, 0.3) is 0 Å². The van der Waals surface area contributed by atoms with Gasteiger partial charge >= 0.3 is 34.7 Å². The van der Waals surface area contributed by atoms with Crippen molar-refractivity contribution in [1.29, 1.82) is 0 Å². The first-order valence-electron chi connectivity index (χ1n) is 21.1. The van der Waals surface area contributed by atoms with Gasteiger partial charge in [0.1, 0.15) is 0 Å². The predicted octanol–water partition coefficient (Wildman–Crippen LogP) is 5.71. The summed E-state index contributed by atoms with van der Waals surface area (Å²) in [5.74, 6) is 1.63. The summed E-state index contributed by atoms with van der Waals surface area (Å²) in [4.78, 5) is 0. The van der Waals surface area contributed by atoms with E-state index in [2.05, 4.69) is 13.5 Å². The van der Waals surface area contributed by atoms with Crippen LogP contribution in [0.2, 0.25) is 37.3 Å². The van der Waals surface area contributed by atoms with E-state index in [1.54, 1.807) is 49.6 Å². The van der Waals surface area contributed by atoms with Crippen LogP contribution in [0, 0.1) is 17.8 Å². The minimum absolute atomic E-state index is 0.0272. The lowest BCUT2D eigenvalue weighted by Gasteiger charge is -2.38. The summed E-state index contributed by atoms with van der Waals surface area (Å²) in [6.45, 7) is 9.20. The van der Waals surface area contributed by atoms with Gasteiger partial charge < -0.3 is 64.7 Å². The van der Waals surface area contributed by atoms with Gasteiger partial charge in [0.05, 0.1) is 44.7 Å². The average molecular weight is 855 g/mol. The third kappa shape index (κ3) is 21.4. The number of ether oxygens (including phenoxy) is 2. The van der Waals surface area contributed by atoms with E-state index in [0.29, 0.717) is 43.1 Å². The topological polar surface area (TPSA) is 173 Å². The maximum Gasteiger partial charge on any atom is 0.493 e. The molecule has 0 aromatic rings. The summed E-state index contributed by atoms with van der Waals surface area (Å²) < 4.78 is 69.4. The van der Waals surface area contributed by atoms with Crippen molar-refractivity contribution in [2.45, 2.75) is 142 Å². The molecule has 0 aliphatic heterocycles. The Balaban J connectivity index is 0. The van der Waals surface area contributed by atoms with Gasteiger partial charge in [-0.25, -0.2) is 0 Å². The molecule has 6 unspecified atom stereocenters. The Hall–Kier alpha value is 0.308. The van der Waals surface area contributed by atoms with E-state index in [0.717, 1.165) is 69.9 Å². The van der Waals surface area contributed by atoms with E-state index in [-0.39, 0.29) is 32.0 Å². The van der Waals surface area contributed by atoms with Crippen molar-refractivity contribution in [3.63, 3.8) is 0 Å². The van der Waals surface area contributed by atoms with Gasteiger partial charge in [-0.3, -0.25) is 0 Å². The molecule has 14 nitrogen and oxygen atoms in total. The van der Waals surface area contributed by atoms with Crippen LogP contribution in [0.5, 0.6) is 0 Å². The van der Waals surface area contributed by atoms with Gasteiger partial charge in [-0.2, -0.15) is 0 Å². The van der Waals surface area contributed by atoms with Crippen LogP contribution < -0.4 is 0 Å². The SMILES string of the molecule is CO[Si](C)(CCC1CCC(O)C(C)C1)O[Si](CCC1CCC(O)CC1)(OC)OC.CO[Si](C)(CCOCC(C)O)O[Si](CCOCCO)(OC)OC.[2H]C.[2H]C. The van der Waals surface area contributed by atoms with Gasteiger partial charge in [-0.15, -0.1) is 0 Å². The molecule has 2 rings (SSSR count). The molecule has 328 valence electrons. The van der Waals surface area contributed by atoms with E-state index >= 15 is 0 Å². The fourth-order valence-electron chi connectivity index (χ4n) is 6.80. The van der Waals surface area contributed by atoms with Crippen LogP contribution in [0.15, 0.2) is 0 Å². The molecule has 54 heavy (non-hydrogen) atoms. The predicted molar refractivity (Wildman–Crippen MR) is 222 cm³/mol. The zero-order valence-electron chi connectivity index (χ0n) is 38.1. The Bertz CT molecular complexity index is 912. The summed E-state index contributed by atoms with van der Waals surface area (Å²) in [6.07, 6.45) is 8.36. The lowest BCUT2D eigenvalue weighted by molar-refractivity contribution is 0.0483. The fourth-order valence-corrected chi connectivity index (χ4v) is 19.9. The summed E-state index contributed by atoms with van der Waals surface area (Å²) in [6, 6.07) is 2.79. The lowest BCUT2D eigenvalue weighted by Crippen LogP contribution is -2.55. The third-order valence-corrected chi connectivity index (χ3v) is 24.8. The second-order valence-corrected chi connectivity index (χ2v) is 28.1. The third-order valence-electron chi connectivity index (χ3n) is 10.6. The molecule has 18 heteroatoms. The fraction of sp³-hybridized carbons (Fsp3) is 1.00. The summed E-state index contributed by atoms with van der Waals surface area (Å²) in [5, 5.41) is 37.7. The van der Waals surface area contributed by atoms with Crippen LogP contribution in [0.25, 0.3) is 0 Å². The van der Waals surface area contributed by atoms with Gasteiger partial charge in [0, 0.05) is 70.1 Å². The van der Waals surface area contributed by atoms with E-state index < -0.39 is 40.8 Å². The Morgan fingerprint density at radius 1 is 0.648 bits per heavy atom. The molecule has 0 spiro atoms. The highest BCUT2D eigenvalue weighted by atomic mass is 28.5. The number of aliphatic hydroxyl groups is 4. The highest BCUT2D eigenvalue weighted by molar-refractivity contribution is 6.78. The van der Waals surface area contributed by atoms with E-state index in [9.17, 15) is 15.3 Å². The van der Waals surface area contributed by atoms with Crippen LogP contribution in [0.3, 0.4) is 0 Å². The normalized spacial score (nSPS) is 25.1. The lowest BCUT2D eigenvalue weighted by atomic mass is 9.79. The smallest absolute Gasteiger partial charge is 0.398 e. The first-order valence-corrected chi connectivity index (χ1v) is 28.0. The Labute approximate surface area is 336 Å². The molecular weight excluding hydrogens is 769 g/mol. The quantitative estimate of drug-likeness (QED) is 0.0616. The van der Waals surface area contributed by atoms with Gasteiger partial charge in [0.2, 0.25) is 0 Å². The molecule has 2 aliphatic rings. The van der Waals surface area contributed by atoms with Crippen molar-refractivity contribution in [3.05, 3.63) is 0 Å². The molecular formula is C36H84O14Si4. The van der Waals surface area contributed by atoms with E-state index in [4.69, 9.17) is 52.1 Å². The first kappa shape index (κ1) is 52.3. The van der Waals surface area contributed by atoms with Crippen LogP contribution in [-0.2, 0) is 44.3 Å². The Kier molecular flexibility index (Phi) is 28.6. The van der Waals surface area contributed by atoms with Crippen molar-refractivity contribution < 1.29 is 67.4 Å². The molecule has 2 fully saturated rings. The van der Waals surface area contributed by atoms with Gasteiger partial charge in [-0.05, 0) is 102 Å². The van der Waals surface area contributed by atoms with Crippen molar-refractivity contribution in [3.8, 4) is 0 Å². The summed E-state index contributed by atoms with van der Waals surface area (Å²) >= 11 is 0. The number of hydrogen-bond donors (Lipinski definition) is 4. The maximum atomic E-state index is 9.99. The molecule has 4 N–H and O–H groups in total. The molecule has 2 aliphatic carbocycles. The number of aliphatic hydroxyl groups excluding tert-OH is 4. The summed E-state index contributed by atoms with van der Waals surface area (Å²) in [7, 11) is 1.73. The minimum atomic E-state index is -2.91. The maximum absolute atomic E-state index is 9.99. The average Bonchev–Trinajstić information content (AvgIpc) is 3.22. The number of rotatable bonds is 26. The second-order valence-electron chi connectivity index (χ2n) is 14.8. The molecule has 6 atom stereocenters. The van der Waals surface area contributed by atoms with Crippen molar-refractivity contribution in [2.24, 2.45) is 17.8 Å². The summed E-state index contributed by atoms with van der Waals surface area (Å²) in [5.41, 5.74) is 0. The molecule has 0 aromatic heterocycles. The van der Waals surface area contributed by atoms with Crippen LogP contribution in [0.4, 0.5) is 0 Å². The zero-order chi connectivity index (χ0) is 43.3. The van der Waals surface area contributed by atoms with Crippen molar-refractivity contribution >= 4 is 34.7 Å². The Morgan fingerprint density at radius 3 is 1.61 bits per heavy atom. The van der Waals surface area contributed by atoms with E-state index in [1.165, 1.54) is 14.8 Å². The minimum Gasteiger partial charge on any atom is -0.398 e. The van der Waals surface area contributed by atoms with Gasteiger partial charge in [0.15, 0.2) is 0 Å². The largest absolute Gasteiger partial charge is 0.493 e. The van der Waals surface area contributed by atoms with Crippen LogP contribution >= 0.6 is 0 Å². The highest BCUT2D eigenvalue weighted by Crippen LogP contribution is 2.36. The molecule has 2 saturated carbocycles. The highest BCUT2D eigenvalue weighted by Gasteiger charge is 2.49.